The molecule has 0 atom stereocenters. The number of nitrogens with two attached hydrogens (primary N) is 1. The van der Waals surface area contributed by atoms with Crippen LogP contribution in [0.25, 0.3) is 0 Å². The van der Waals surface area contributed by atoms with Crippen molar-refractivity contribution in [2.75, 3.05) is 37.4 Å². The Bertz CT molecular complexity index is 804. The van der Waals surface area contributed by atoms with Crippen molar-refractivity contribution in [2.24, 2.45) is 0 Å². The predicted molar refractivity (Wildman–Crippen MR) is 104 cm³/mol. The summed E-state index contributed by atoms with van der Waals surface area (Å²) in [6, 6.07) is 12.1. The first kappa shape index (κ1) is 19.8. The number of benzene rings is 2. The minimum atomic E-state index is -0.258. The number of carbonyl (C=O) groups excluding carboxylic acids is 2. The minimum Gasteiger partial charge on any atom is -0.399 e. The largest absolute Gasteiger partial charge is 0.399 e. The molecule has 2 aromatic rings. The number of ether oxygens (including phenoxy) is 1. The molecule has 3 rings (SSSR count). The van der Waals surface area contributed by atoms with Crippen molar-refractivity contribution in [3.63, 3.8) is 0 Å². The van der Waals surface area contributed by atoms with E-state index in [0.29, 0.717) is 48.8 Å². The number of anilines is 2. The number of hydrogen-bond donors (Lipinski definition) is 2. The van der Waals surface area contributed by atoms with Crippen LogP contribution < -0.4 is 11.1 Å². The van der Waals surface area contributed by atoms with Gasteiger partial charge in [-0.15, -0.1) is 12.4 Å². The van der Waals surface area contributed by atoms with Gasteiger partial charge < -0.3 is 20.7 Å². The van der Waals surface area contributed by atoms with Gasteiger partial charge in [0.25, 0.3) is 11.8 Å². The smallest absolute Gasteiger partial charge is 0.255 e. The number of nitrogens with one attached hydrogen (secondary N) is 1. The SMILES string of the molecule is Cc1c(NC(=O)c2cccc(N)c2)cccc1C(=O)N1CCOCC1.Cl. The lowest BCUT2D eigenvalue weighted by molar-refractivity contribution is 0.0302. The Morgan fingerprint density at radius 2 is 1.81 bits per heavy atom. The average molecular weight is 376 g/mol. The maximum absolute atomic E-state index is 12.7. The minimum absolute atomic E-state index is 0. The van der Waals surface area contributed by atoms with Crippen LogP contribution >= 0.6 is 12.4 Å². The highest BCUT2D eigenvalue weighted by molar-refractivity contribution is 6.06. The van der Waals surface area contributed by atoms with Crippen LogP contribution in [-0.4, -0.2) is 43.0 Å². The van der Waals surface area contributed by atoms with Gasteiger partial charge in [-0.3, -0.25) is 9.59 Å². The zero-order valence-electron chi connectivity index (χ0n) is 14.5. The van der Waals surface area contributed by atoms with Gasteiger partial charge in [0.05, 0.1) is 13.2 Å². The van der Waals surface area contributed by atoms with Crippen LogP contribution in [0.1, 0.15) is 26.3 Å². The van der Waals surface area contributed by atoms with Crippen LogP contribution in [0.4, 0.5) is 11.4 Å². The van der Waals surface area contributed by atoms with Gasteiger partial charge in [0.15, 0.2) is 0 Å². The third-order valence-electron chi connectivity index (χ3n) is 4.26. The molecule has 0 bridgehead atoms. The van der Waals surface area contributed by atoms with Crippen molar-refractivity contribution in [2.45, 2.75) is 6.92 Å². The highest BCUT2D eigenvalue weighted by Gasteiger charge is 2.21. The summed E-state index contributed by atoms with van der Waals surface area (Å²) in [6.07, 6.45) is 0. The standard InChI is InChI=1S/C19H21N3O3.ClH/c1-13-16(19(24)22-8-10-25-11-9-22)6-3-7-17(13)21-18(23)14-4-2-5-15(20)12-14;/h2-7,12H,8-11,20H2,1H3,(H,21,23);1H. The molecule has 1 fully saturated rings. The molecule has 0 spiro atoms. The Balaban J connectivity index is 0.00000243. The van der Waals surface area contributed by atoms with Crippen LogP contribution in [0.3, 0.4) is 0 Å². The number of nitrogen functional groups attached to an aromatic ring is 1. The first-order valence-electron chi connectivity index (χ1n) is 8.20. The fraction of sp³-hybridized carbons (Fsp3) is 0.263. The number of nitrogens with zero attached hydrogens (tertiary/aromatic N) is 1. The van der Waals surface area contributed by atoms with Crippen molar-refractivity contribution in [1.29, 1.82) is 0 Å². The molecule has 1 aliphatic heterocycles. The van der Waals surface area contributed by atoms with E-state index in [1.54, 1.807) is 47.4 Å². The van der Waals surface area contributed by atoms with Gasteiger partial charge in [0.2, 0.25) is 0 Å². The number of halogens is 1. The van der Waals surface area contributed by atoms with Gasteiger partial charge in [-0.1, -0.05) is 12.1 Å². The number of carbonyl (C=O) groups is 2. The molecule has 7 heteroatoms. The molecule has 26 heavy (non-hydrogen) atoms. The quantitative estimate of drug-likeness (QED) is 0.808. The molecule has 1 saturated heterocycles. The zero-order chi connectivity index (χ0) is 17.8. The van der Waals surface area contributed by atoms with Crippen molar-refractivity contribution >= 4 is 35.6 Å². The molecular weight excluding hydrogens is 354 g/mol. The first-order chi connectivity index (χ1) is 12.1. The summed E-state index contributed by atoms with van der Waals surface area (Å²) < 4.78 is 5.29. The van der Waals surface area contributed by atoms with Crippen molar-refractivity contribution < 1.29 is 14.3 Å². The van der Waals surface area contributed by atoms with E-state index in [4.69, 9.17) is 10.5 Å². The molecule has 1 aliphatic rings. The summed E-state index contributed by atoms with van der Waals surface area (Å²) in [5, 5.41) is 2.86. The second-order valence-corrected chi connectivity index (χ2v) is 5.96. The topological polar surface area (TPSA) is 84.7 Å². The molecule has 3 N–H and O–H groups in total. The Kier molecular flexibility index (Phi) is 6.60. The van der Waals surface area contributed by atoms with Gasteiger partial charge in [-0.2, -0.15) is 0 Å². The van der Waals surface area contributed by atoms with Crippen LogP contribution in [-0.2, 0) is 4.74 Å². The van der Waals surface area contributed by atoms with E-state index in [-0.39, 0.29) is 24.2 Å². The lowest BCUT2D eigenvalue weighted by Gasteiger charge is -2.27. The monoisotopic (exact) mass is 375 g/mol. The summed E-state index contributed by atoms with van der Waals surface area (Å²) in [5.41, 5.74) is 8.68. The molecule has 0 aromatic heterocycles. The Hall–Kier alpha value is -2.57. The van der Waals surface area contributed by atoms with Gasteiger partial charge in [-0.05, 0) is 42.8 Å². The summed E-state index contributed by atoms with van der Waals surface area (Å²) in [7, 11) is 0. The molecule has 0 aliphatic carbocycles. The lowest BCUT2D eigenvalue weighted by Crippen LogP contribution is -2.41. The van der Waals surface area contributed by atoms with Gasteiger partial charge in [0.1, 0.15) is 0 Å². The normalized spacial score (nSPS) is 13.7. The molecule has 0 radical (unpaired) electrons. The fourth-order valence-electron chi connectivity index (χ4n) is 2.81. The third-order valence-corrected chi connectivity index (χ3v) is 4.26. The predicted octanol–water partition coefficient (Wildman–Crippen LogP) is 2.72. The van der Waals surface area contributed by atoms with Crippen molar-refractivity contribution in [3.8, 4) is 0 Å². The summed E-state index contributed by atoms with van der Waals surface area (Å²) >= 11 is 0. The van der Waals surface area contributed by atoms with Crippen LogP contribution in [0.5, 0.6) is 0 Å². The van der Waals surface area contributed by atoms with Crippen LogP contribution in [0.2, 0.25) is 0 Å². The Labute approximate surface area is 158 Å². The van der Waals surface area contributed by atoms with Gasteiger partial charge >= 0.3 is 0 Å². The van der Waals surface area contributed by atoms with Gasteiger partial charge in [-0.25, -0.2) is 0 Å². The van der Waals surface area contributed by atoms with Crippen LogP contribution in [0.15, 0.2) is 42.5 Å². The Morgan fingerprint density at radius 1 is 1.12 bits per heavy atom. The number of amides is 2. The van der Waals surface area contributed by atoms with E-state index >= 15 is 0 Å². The van der Waals surface area contributed by atoms with Crippen molar-refractivity contribution in [3.05, 3.63) is 59.2 Å². The maximum atomic E-state index is 12.7. The second-order valence-electron chi connectivity index (χ2n) is 5.96. The number of rotatable bonds is 3. The first-order valence-corrected chi connectivity index (χ1v) is 8.20. The molecule has 6 nitrogen and oxygen atoms in total. The fourth-order valence-corrected chi connectivity index (χ4v) is 2.81. The maximum Gasteiger partial charge on any atom is 0.255 e. The Morgan fingerprint density at radius 3 is 2.50 bits per heavy atom. The summed E-state index contributed by atoms with van der Waals surface area (Å²) in [5.74, 6) is -0.299. The van der Waals surface area contributed by atoms with E-state index in [1.165, 1.54) is 0 Å². The molecule has 2 aromatic carbocycles. The molecule has 2 amide bonds. The average Bonchev–Trinajstić information content (AvgIpc) is 2.63. The van der Waals surface area contributed by atoms with E-state index in [9.17, 15) is 9.59 Å². The van der Waals surface area contributed by atoms with Crippen LogP contribution in [0, 0.1) is 6.92 Å². The summed E-state index contributed by atoms with van der Waals surface area (Å²) in [6.45, 7) is 4.10. The second kappa shape index (κ2) is 8.69. The van der Waals surface area contributed by atoms with E-state index in [1.807, 2.05) is 6.92 Å². The summed E-state index contributed by atoms with van der Waals surface area (Å²) in [4.78, 5) is 26.9. The molecule has 0 unspecified atom stereocenters. The number of hydrogen-bond acceptors (Lipinski definition) is 4. The van der Waals surface area contributed by atoms with Crippen molar-refractivity contribution in [1.82, 2.24) is 4.90 Å². The highest BCUT2D eigenvalue weighted by atomic mass is 35.5. The molecule has 1 heterocycles. The van der Waals surface area contributed by atoms with E-state index in [2.05, 4.69) is 5.32 Å². The third kappa shape index (κ3) is 4.33. The zero-order valence-corrected chi connectivity index (χ0v) is 15.3. The number of morpholine rings is 1. The lowest BCUT2D eigenvalue weighted by atomic mass is 10.0. The highest BCUT2D eigenvalue weighted by Crippen LogP contribution is 2.22. The molecule has 138 valence electrons. The van der Waals surface area contributed by atoms with E-state index < -0.39 is 0 Å². The molecule has 0 saturated carbocycles. The van der Waals surface area contributed by atoms with E-state index in [0.717, 1.165) is 5.56 Å². The van der Waals surface area contributed by atoms with Gasteiger partial charge in [0, 0.05) is 35.6 Å². The molecular formula is C19H22ClN3O3.